The lowest BCUT2D eigenvalue weighted by molar-refractivity contribution is -0.122. The average Bonchev–Trinajstić information content (AvgIpc) is 2.77. The van der Waals surface area contributed by atoms with Crippen LogP contribution in [0, 0.1) is 5.92 Å². The second kappa shape index (κ2) is 12.7. The first-order valence-electron chi connectivity index (χ1n) is 10.1. The third-order valence-corrected chi connectivity index (χ3v) is 5.38. The fourth-order valence-corrected chi connectivity index (χ4v) is 3.65. The summed E-state index contributed by atoms with van der Waals surface area (Å²) in [5, 5.41) is 7.14. The van der Waals surface area contributed by atoms with Gasteiger partial charge in [-0.25, -0.2) is 9.97 Å². The fraction of sp³-hybridized carbons (Fsp3) is 0.429. The van der Waals surface area contributed by atoms with Gasteiger partial charge in [0.1, 0.15) is 11.0 Å². The number of hydrogen-bond donors (Lipinski definition) is 3. The maximum absolute atomic E-state index is 11.6. The van der Waals surface area contributed by atoms with E-state index in [-0.39, 0.29) is 35.8 Å². The molecular weight excluding hydrogens is 529 g/mol. The number of piperidine rings is 1. The minimum Gasteiger partial charge on any atom is -0.369 e. The number of guanidine groups is 1. The molecule has 168 valence electrons. The van der Waals surface area contributed by atoms with E-state index in [1.165, 1.54) is 0 Å². The van der Waals surface area contributed by atoms with E-state index in [2.05, 4.69) is 30.5 Å². The number of nitrogens with two attached hydrogens (primary N) is 1. The van der Waals surface area contributed by atoms with Gasteiger partial charge in [-0.05, 0) is 37.0 Å². The summed E-state index contributed by atoms with van der Waals surface area (Å²) in [6.07, 6.45) is 6.14. The summed E-state index contributed by atoms with van der Waals surface area (Å²) in [7, 11) is 1.74. The molecule has 2 aromatic rings. The number of nitrogens with zero attached hydrogens (tertiary/aromatic N) is 4. The zero-order valence-electron chi connectivity index (χ0n) is 17.6. The standard InChI is InChI=1S/C21H28ClN7O.HI/c1-24-21(26-10-8-15-6-7-18(22)27-12-15)28-13-16-4-2-9-25-20(16)29-11-3-5-17(14-29)19(23)30;/h2,4,6-7,9,12,17H,3,5,8,10-11,13-14H2,1H3,(H2,23,30)(H2,24,26,28);1H. The Labute approximate surface area is 205 Å². The quantitative estimate of drug-likeness (QED) is 0.209. The lowest BCUT2D eigenvalue weighted by atomic mass is 9.97. The molecule has 1 aliphatic heterocycles. The Bertz CT molecular complexity index is 878. The average molecular weight is 558 g/mol. The molecule has 0 bridgehead atoms. The third kappa shape index (κ3) is 7.49. The van der Waals surface area contributed by atoms with Crippen LogP contribution >= 0.6 is 35.6 Å². The Kier molecular flexibility index (Phi) is 10.3. The summed E-state index contributed by atoms with van der Waals surface area (Å²) in [6, 6.07) is 7.71. The number of primary amides is 1. The maximum Gasteiger partial charge on any atom is 0.222 e. The Morgan fingerprint density at radius 2 is 2.16 bits per heavy atom. The Morgan fingerprint density at radius 3 is 2.87 bits per heavy atom. The molecule has 0 spiro atoms. The van der Waals surface area contributed by atoms with Crippen LogP contribution in [0.2, 0.25) is 5.15 Å². The highest BCUT2D eigenvalue weighted by Gasteiger charge is 2.25. The molecule has 1 atom stereocenters. The Morgan fingerprint density at radius 1 is 1.32 bits per heavy atom. The van der Waals surface area contributed by atoms with Crippen molar-refractivity contribution in [3.05, 3.63) is 52.9 Å². The van der Waals surface area contributed by atoms with Crippen molar-refractivity contribution in [3.63, 3.8) is 0 Å². The molecule has 3 rings (SSSR count). The highest BCUT2D eigenvalue weighted by atomic mass is 127. The minimum atomic E-state index is -0.240. The molecule has 0 radical (unpaired) electrons. The molecule has 1 aliphatic rings. The van der Waals surface area contributed by atoms with Gasteiger partial charge in [0.15, 0.2) is 5.96 Å². The first kappa shape index (κ1) is 25.1. The molecule has 4 N–H and O–H groups in total. The van der Waals surface area contributed by atoms with Gasteiger partial charge in [-0.15, -0.1) is 24.0 Å². The zero-order chi connectivity index (χ0) is 21.3. The molecule has 1 unspecified atom stereocenters. The van der Waals surface area contributed by atoms with Crippen LogP contribution < -0.4 is 21.3 Å². The van der Waals surface area contributed by atoms with E-state index in [1.54, 1.807) is 25.5 Å². The van der Waals surface area contributed by atoms with E-state index in [4.69, 9.17) is 17.3 Å². The van der Waals surface area contributed by atoms with E-state index < -0.39 is 0 Å². The molecular formula is C21H29ClIN7O. The number of rotatable bonds is 7. The Hall–Kier alpha value is -2.14. The van der Waals surface area contributed by atoms with E-state index in [1.807, 2.05) is 18.2 Å². The van der Waals surface area contributed by atoms with Crippen LogP contribution in [0.5, 0.6) is 0 Å². The van der Waals surface area contributed by atoms with Gasteiger partial charge in [0.2, 0.25) is 5.91 Å². The van der Waals surface area contributed by atoms with Crippen molar-refractivity contribution in [1.82, 2.24) is 20.6 Å². The highest BCUT2D eigenvalue weighted by molar-refractivity contribution is 14.0. The summed E-state index contributed by atoms with van der Waals surface area (Å²) in [4.78, 5) is 26.7. The monoisotopic (exact) mass is 557 g/mol. The summed E-state index contributed by atoms with van der Waals surface area (Å²) in [5.74, 6) is 1.23. The molecule has 1 amide bonds. The topological polar surface area (TPSA) is 109 Å². The number of aliphatic imine (C=N–C) groups is 1. The van der Waals surface area contributed by atoms with Crippen molar-refractivity contribution in [2.75, 3.05) is 31.6 Å². The van der Waals surface area contributed by atoms with E-state index >= 15 is 0 Å². The van der Waals surface area contributed by atoms with Crippen molar-refractivity contribution in [2.45, 2.75) is 25.8 Å². The number of pyridine rings is 2. The molecule has 0 aliphatic carbocycles. The van der Waals surface area contributed by atoms with Crippen LogP contribution in [0.15, 0.2) is 41.7 Å². The first-order valence-corrected chi connectivity index (χ1v) is 10.5. The van der Waals surface area contributed by atoms with Gasteiger partial charge in [0.05, 0.1) is 5.92 Å². The van der Waals surface area contributed by atoms with Gasteiger partial charge in [-0.2, -0.15) is 0 Å². The van der Waals surface area contributed by atoms with Gasteiger partial charge < -0.3 is 21.3 Å². The summed E-state index contributed by atoms with van der Waals surface area (Å²) in [6.45, 7) is 2.77. The molecule has 2 aromatic heterocycles. The third-order valence-electron chi connectivity index (χ3n) is 5.16. The summed E-state index contributed by atoms with van der Waals surface area (Å²) in [5.41, 5.74) is 7.68. The molecule has 0 aromatic carbocycles. The van der Waals surface area contributed by atoms with Crippen molar-refractivity contribution in [1.29, 1.82) is 0 Å². The van der Waals surface area contributed by atoms with Crippen LogP contribution in [-0.2, 0) is 17.8 Å². The number of amides is 1. The lowest BCUT2D eigenvalue weighted by Gasteiger charge is -2.33. The molecule has 3 heterocycles. The molecule has 1 saturated heterocycles. The van der Waals surface area contributed by atoms with E-state index in [0.29, 0.717) is 24.2 Å². The van der Waals surface area contributed by atoms with Crippen LogP contribution in [0.25, 0.3) is 0 Å². The predicted molar refractivity (Wildman–Crippen MR) is 135 cm³/mol. The van der Waals surface area contributed by atoms with Crippen LogP contribution in [0.3, 0.4) is 0 Å². The highest BCUT2D eigenvalue weighted by Crippen LogP contribution is 2.24. The summed E-state index contributed by atoms with van der Waals surface area (Å²) >= 11 is 5.82. The largest absolute Gasteiger partial charge is 0.369 e. The van der Waals surface area contributed by atoms with Crippen LogP contribution in [0.4, 0.5) is 5.82 Å². The van der Waals surface area contributed by atoms with Gasteiger partial charge in [0.25, 0.3) is 0 Å². The van der Waals surface area contributed by atoms with E-state index in [9.17, 15) is 4.79 Å². The normalized spacial score (nSPS) is 16.4. The molecule has 1 fully saturated rings. The molecule has 31 heavy (non-hydrogen) atoms. The lowest BCUT2D eigenvalue weighted by Crippen LogP contribution is -2.42. The number of nitrogens with one attached hydrogen (secondary N) is 2. The van der Waals surface area contributed by atoms with Gasteiger partial charge >= 0.3 is 0 Å². The fourth-order valence-electron chi connectivity index (χ4n) is 3.53. The zero-order valence-corrected chi connectivity index (χ0v) is 20.6. The van der Waals surface area contributed by atoms with Gasteiger partial charge in [-0.1, -0.05) is 23.7 Å². The SMILES string of the molecule is CN=C(NCCc1ccc(Cl)nc1)NCc1cccnc1N1CCCC(C(N)=O)C1.I. The maximum atomic E-state index is 11.6. The number of halogens is 2. The summed E-state index contributed by atoms with van der Waals surface area (Å²) < 4.78 is 0. The number of aromatic nitrogens is 2. The van der Waals surface area contributed by atoms with Crippen molar-refractivity contribution in [3.8, 4) is 0 Å². The number of anilines is 1. The second-order valence-electron chi connectivity index (χ2n) is 7.27. The van der Waals surface area contributed by atoms with Crippen molar-refractivity contribution < 1.29 is 4.79 Å². The number of hydrogen-bond acceptors (Lipinski definition) is 5. The van der Waals surface area contributed by atoms with Crippen molar-refractivity contribution in [2.24, 2.45) is 16.6 Å². The smallest absolute Gasteiger partial charge is 0.222 e. The molecule has 10 heteroatoms. The van der Waals surface area contributed by atoms with Crippen LogP contribution in [0.1, 0.15) is 24.0 Å². The number of carbonyl (C=O) groups excluding carboxylic acids is 1. The van der Waals surface area contributed by atoms with Gasteiger partial charge in [0, 0.05) is 51.2 Å². The van der Waals surface area contributed by atoms with Gasteiger partial charge in [-0.3, -0.25) is 9.79 Å². The predicted octanol–water partition coefficient (Wildman–Crippen LogP) is 2.36. The second-order valence-corrected chi connectivity index (χ2v) is 7.65. The minimum absolute atomic E-state index is 0. The first-order chi connectivity index (χ1) is 14.6. The number of carbonyl (C=O) groups is 1. The van der Waals surface area contributed by atoms with E-state index in [0.717, 1.165) is 49.3 Å². The Balaban J connectivity index is 0.00000341. The molecule has 8 nitrogen and oxygen atoms in total. The molecule has 0 saturated carbocycles. The van der Waals surface area contributed by atoms with Crippen LogP contribution in [-0.4, -0.2) is 48.5 Å². The van der Waals surface area contributed by atoms with Crippen molar-refractivity contribution >= 4 is 53.3 Å².